The molecule has 1 aromatic carbocycles. The number of carbonyl (C=O) groups excluding carboxylic acids is 1. The standard InChI is InChI=1S/C14H17NO5/c1-14(19,6-12(16)17)8-15-13(18)10-7-20-11-5-3-2-4-9(10)11/h2-5,10,19H,6-8H2,1H3,(H,15,18)(H,16,17). The van der Waals surface area contributed by atoms with Crippen LogP contribution in [0.3, 0.4) is 0 Å². The van der Waals surface area contributed by atoms with Gasteiger partial charge >= 0.3 is 5.97 Å². The Bertz CT molecular complexity index is 526. The maximum atomic E-state index is 12.1. The molecule has 1 heterocycles. The van der Waals surface area contributed by atoms with Gasteiger partial charge in [0, 0.05) is 12.1 Å². The van der Waals surface area contributed by atoms with Gasteiger partial charge in [0.15, 0.2) is 0 Å². The number of rotatable bonds is 5. The van der Waals surface area contributed by atoms with Crippen LogP contribution in [0.2, 0.25) is 0 Å². The second-order valence-corrected chi connectivity index (χ2v) is 5.19. The van der Waals surface area contributed by atoms with Gasteiger partial charge < -0.3 is 20.3 Å². The van der Waals surface area contributed by atoms with Crippen LogP contribution in [0.5, 0.6) is 5.75 Å². The molecule has 1 aliphatic heterocycles. The SMILES string of the molecule is CC(O)(CNC(=O)C1COc2ccccc21)CC(=O)O. The summed E-state index contributed by atoms with van der Waals surface area (Å²) in [6.07, 6.45) is -0.426. The minimum Gasteiger partial charge on any atom is -0.492 e. The maximum Gasteiger partial charge on any atom is 0.306 e. The Morgan fingerprint density at radius 3 is 2.85 bits per heavy atom. The van der Waals surface area contributed by atoms with Crippen molar-refractivity contribution in [3.8, 4) is 5.75 Å². The highest BCUT2D eigenvalue weighted by Gasteiger charge is 2.32. The molecule has 20 heavy (non-hydrogen) atoms. The minimum atomic E-state index is -1.47. The Hall–Kier alpha value is -2.08. The summed E-state index contributed by atoms with van der Waals surface area (Å²) in [5, 5.41) is 21.1. The van der Waals surface area contributed by atoms with E-state index in [9.17, 15) is 14.7 Å². The fraction of sp³-hybridized carbons (Fsp3) is 0.429. The van der Waals surface area contributed by atoms with Gasteiger partial charge in [-0.05, 0) is 13.0 Å². The number of carbonyl (C=O) groups is 2. The van der Waals surface area contributed by atoms with Crippen molar-refractivity contribution in [3.05, 3.63) is 29.8 Å². The number of benzene rings is 1. The van der Waals surface area contributed by atoms with E-state index in [1.807, 2.05) is 18.2 Å². The smallest absolute Gasteiger partial charge is 0.306 e. The van der Waals surface area contributed by atoms with E-state index in [0.29, 0.717) is 5.75 Å². The van der Waals surface area contributed by atoms with E-state index in [-0.39, 0.29) is 19.1 Å². The molecule has 1 aliphatic rings. The third kappa shape index (κ3) is 3.27. The molecule has 108 valence electrons. The first-order valence-electron chi connectivity index (χ1n) is 6.33. The van der Waals surface area contributed by atoms with Crippen LogP contribution in [-0.2, 0) is 9.59 Å². The zero-order valence-corrected chi connectivity index (χ0v) is 11.1. The number of fused-ring (bicyclic) bond motifs is 1. The molecule has 2 atom stereocenters. The van der Waals surface area contributed by atoms with Crippen molar-refractivity contribution >= 4 is 11.9 Å². The minimum absolute atomic E-state index is 0.114. The van der Waals surface area contributed by atoms with Crippen LogP contribution < -0.4 is 10.1 Å². The van der Waals surface area contributed by atoms with E-state index in [4.69, 9.17) is 9.84 Å². The molecule has 0 aromatic heterocycles. The van der Waals surface area contributed by atoms with Crippen molar-refractivity contribution < 1.29 is 24.5 Å². The predicted molar refractivity (Wildman–Crippen MR) is 70.6 cm³/mol. The molecule has 0 spiro atoms. The second kappa shape index (κ2) is 5.50. The van der Waals surface area contributed by atoms with Gasteiger partial charge in [-0.1, -0.05) is 18.2 Å². The molecular formula is C14H17NO5. The highest BCUT2D eigenvalue weighted by Crippen LogP contribution is 2.33. The molecule has 2 rings (SSSR count). The molecular weight excluding hydrogens is 262 g/mol. The van der Waals surface area contributed by atoms with Crippen LogP contribution in [0.1, 0.15) is 24.8 Å². The van der Waals surface area contributed by atoms with Crippen LogP contribution >= 0.6 is 0 Å². The average molecular weight is 279 g/mol. The lowest BCUT2D eigenvalue weighted by atomic mass is 9.99. The first kappa shape index (κ1) is 14.3. The quantitative estimate of drug-likeness (QED) is 0.729. The summed E-state index contributed by atoms with van der Waals surface area (Å²) in [6, 6.07) is 7.27. The van der Waals surface area contributed by atoms with Crippen molar-refractivity contribution in [1.29, 1.82) is 0 Å². The molecule has 0 saturated carbocycles. The normalized spacial score (nSPS) is 19.6. The number of aliphatic hydroxyl groups is 1. The maximum absolute atomic E-state index is 12.1. The molecule has 0 bridgehead atoms. The van der Waals surface area contributed by atoms with Gasteiger partial charge in [-0.25, -0.2) is 0 Å². The molecule has 3 N–H and O–H groups in total. The lowest BCUT2D eigenvalue weighted by molar-refractivity contribution is -0.142. The average Bonchev–Trinajstić information content (AvgIpc) is 2.78. The number of amides is 1. The Kier molecular flexibility index (Phi) is 3.94. The van der Waals surface area contributed by atoms with E-state index in [1.54, 1.807) is 6.07 Å². The number of nitrogens with one attached hydrogen (secondary N) is 1. The Morgan fingerprint density at radius 2 is 2.15 bits per heavy atom. The molecule has 1 amide bonds. The highest BCUT2D eigenvalue weighted by atomic mass is 16.5. The highest BCUT2D eigenvalue weighted by molar-refractivity contribution is 5.85. The number of carboxylic acids is 1. The van der Waals surface area contributed by atoms with Gasteiger partial charge in [0.25, 0.3) is 0 Å². The van der Waals surface area contributed by atoms with Gasteiger partial charge in [0.1, 0.15) is 18.3 Å². The Balaban J connectivity index is 1.95. The van der Waals surface area contributed by atoms with Crippen LogP contribution in [0.4, 0.5) is 0 Å². The van der Waals surface area contributed by atoms with Crippen molar-refractivity contribution in [2.24, 2.45) is 0 Å². The number of hydrogen-bond acceptors (Lipinski definition) is 4. The second-order valence-electron chi connectivity index (χ2n) is 5.19. The first-order chi connectivity index (χ1) is 9.39. The summed E-state index contributed by atoms with van der Waals surface area (Å²) in [5.41, 5.74) is -0.664. The van der Waals surface area contributed by atoms with Crippen molar-refractivity contribution in [2.45, 2.75) is 24.9 Å². The van der Waals surface area contributed by atoms with E-state index in [2.05, 4.69) is 5.32 Å². The first-order valence-corrected chi connectivity index (χ1v) is 6.33. The van der Waals surface area contributed by atoms with Crippen molar-refractivity contribution in [3.63, 3.8) is 0 Å². The molecule has 6 nitrogen and oxygen atoms in total. The van der Waals surface area contributed by atoms with Crippen LogP contribution in [0.25, 0.3) is 0 Å². The molecule has 1 aromatic rings. The van der Waals surface area contributed by atoms with E-state index >= 15 is 0 Å². The molecule has 0 radical (unpaired) electrons. The third-order valence-electron chi connectivity index (χ3n) is 3.19. The van der Waals surface area contributed by atoms with E-state index in [0.717, 1.165) is 5.56 Å². The van der Waals surface area contributed by atoms with Gasteiger partial charge in [0.05, 0.1) is 12.0 Å². The molecule has 6 heteroatoms. The summed E-state index contributed by atoms with van der Waals surface area (Å²) in [4.78, 5) is 22.7. The monoisotopic (exact) mass is 279 g/mol. The van der Waals surface area contributed by atoms with Crippen molar-refractivity contribution in [2.75, 3.05) is 13.2 Å². The van der Waals surface area contributed by atoms with Gasteiger partial charge in [-0.2, -0.15) is 0 Å². The predicted octanol–water partition coefficient (Wildman–Crippen LogP) is 0.504. The third-order valence-corrected chi connectivity index (χ3v) is 3.19. The molecule has 0 saturated heterocycles. The Morgan fingerprint density at radius 1 is 1.45 bits per heavy atom. The zero-order valence-electron chi connectivity index (χ0n) is 11.1. The molecule has 2 unspecified atom stereocenters. The number of carboxylic acid groups (broad SMARTS) is 1. The van der Waals surface area contributed by atoms with Gasteiger partial charge in [-0.3, -0.25) is 9.59 Å². The summed E-state index contributed by atoms with van der Waals surface area (Å²) < 4.78 is 5.41. The summed E-state index contributed by atoms with van der Waals surface area (Å²) >= 11 is 0. The van der Waals surface area contributed by atoms with Gasteiger partial charge in [-0.15, -0.1) is 0 Å². The summed E-state index contributed by atoms with van der Waals surface area (Å²) in [7, 11) is 0. The topological polar surface area (TPSA) is 95.9 Å². The molecule has 0 fully saturated rings. The van der Waals surface area contributed by atoms with E-state index < -0.39 is 23.9 Å². The fourth-order valence-electron chi connectivity index (χ4n) is 2.17. The lowest BCUT2D eigenvalue weighted by Crippen LogP contribution is -2.43. The summed E-state index contributed by atoms with van der Waals surface area (Å²) in [5.74, 6) is -1.13. The van der Waals surface area contributed by atoms with Crippen LogP contribution in [0, 0.1) is 0 Å². The van der Waals surface area contributed by atoms with Crippen LogP contribution in [0.15, 0.2) is 24.3 Å². The largest absolute Gasteiger partial charge is 0.492 e. The van der Waals surface area contributed by atoms with E-state index in [1.165, 1.54) is 6.92 Å². The fourth-order valence-corrected chi connectivity index (χ4v) is 2.17. The zero-order chi connectivity index (χ0) is 14.8. The molecule has 0 aliphatic carbocycles. The number of hydrogen-bond donors (Lipinski definition) is 3. The summed E-state index contributed by atoms with van der Waals surface area (Å²) in [6.45, 7) is 1.52. The number of ether oxygens (including phenoxy) is 1. The number of aliphatic carboxylic acids is 1. The Labute approximate surface area is 116 Å². The van der Waals surface area contributed by atoms with Crippen molar-refractivity contribution in [1.82, 2.24) is 5.32 Å². The van der Waals surface area contributed by atoms with Gasteiger partial charge in [0.2, 0.25) is 5.91 Å². The number of para-hydroxylation sites is 1. The van der Waals surface area contributed by atoms with Crippen LogP contribution in [-0.4, -0.2) is 40.8 Å². The lowest BCUT2D eigenvalue weighted by Gasteiger charge is -2.22.